The average molecular weight is 380 g/mol. The first-order valence-corrected chi connectivity index (χ1v) is 8.31. The molecule has 9 heteroatoms. The molecule has 3 aliphatic heterocycles. The Balaban J connectivity index is 1.81. The van der Waals surface area contributed by atoms with Crippen LogP contribution in [0.2, 0.25) is 0 Å². The number of fused-ring (bicyclic) bond motifs is 5. The summed E-state index contributed by atoms with van der Waals surface area (Å²) < 4.78 is 45.6. The predicted octanol–water partition coefficient (Wildman–Crippen LogP) is 1.99. The molecular weight excluding hydrogens is 365 g/mol. The number of anilines is 1. The van der Waals surface area contributed by atoms with E-state index < -0.39 is 58.3 Å². The van der Waals surface area contributed by atoms with Crippen molar-refractivity contribution in [1.29, 1.82) is 5.26 Å². The first-order chi connectivity index (χ1) is 12.4. The smallest absolute Gasteiger partial charge is 0.390 e. The lowest BCUT2D eigenvalue weighted by atomic mass is 9.67. The molecule has 1 unspecified atom stereocenters. The van der Waals surface area contributed by atoms with Gasteiger partial charge in [0.15, 0.2) is 0 Å². The Bertz CT molecular complexity index is 924. The van der Waals surface area contributed by atoms with Crippen LogP contribution in [0.3, 0.4) is 0 Å². The molecule has 5 atom stereocenters. The van der Waals surface area contributed by atoms with E-state index in [0.717, 1.165) is 17.0 Å². The number of ether oxygens (including phenoxy) is 1. The second-order valence-corrected chi connectivity index (χ2v) is 7.63. The molecule has 1 aromatic carbocycles. The molecular formula is C18H15F3N2O4. The number of halogens is 3. The summed E-state index contributed by atoms with van der Waals surface area (Å²) in [7, 11) is 0. The van der Waals surface area contributed by atoms with Gasteiger partial charge in [-0.1, -0.05) is 0 Å². The molecule has 0 spiro atoms. The molecule has 0 radical (unpaired) electrons. The van der Waals surface area contributed by atoms with E-state index in [1.807, 2.05) is 0 Å². The third-order valence-electron chi connectivity index (χ3n) is 5.98. The average Bonchev–Trinajstić information content (AvgIpc) is 3.07. The molecule has 27 heavy (non-hydrogen) atoms. The van der Waals surface area contributed by atoms with Crippen molar-refractivity contribution in [2.75, 3.05) is 4.90 Å². The zero-order valence-corrected chi connectivity index (χ0v) is 14.4. The molecule has 3 fully saturated rings. The molecule has 3 heterocycles. The summed E-state index contributed by atoms with van der Waals surface area (Å²) in [6.45, 7) is 3.17. The zero-order chi connectivity index (χ0) is 19.9. The van der Waals surface area contributed by atoms with E-state index in [-0.39, 0.29) is 12.1 Å². The van der Waals surface area contributed by atoms with Gasteiger partial charge in [-0.2, -0.15) is 18.4 Å². The van der Waals surface area contributed by atoms with E-state index >= 15 is 0 Å². The summed E-state index contributed by atoms with van der Waals surface area (Å²) in [5, 5.41) is 19.2. The number of benzene rings is 1. The van der Waals surface area contributed by atoms with E-state index in [9.17, 15) is 27.9 Å². The number of rotatable bonds is 1. The number of amides is 2. The van der Waals surface area contributed by atoms with Crippen LogP contribution in [0, 0.1) is 23.2 Å². The van der Waals surface area contributed by atoms with Crippen LogP contribution in [0.25, 0.3) is 0 Å². The van der Waals surface area contributed by atoms with Gasteiger partial charge in [-0.25, -0.2) is 4.90 Å². The summed E-state index contributed by atoms with van der Waals surface area (Å²) in [5.74, 6) is -3.19. The first-order valence-electron chi connectivity index (χ1n) is 8.31. The summed E-state index contributed by atoms with van der Waals surface area (Å²) >= 11 is 0. The van der Waals surface area contributed by atoms with Gasteiger partial charge in [-0.15, -0.1) is 0 Å². The highest BCUT2D eigenvalue weighted by atomic mass is 19.4. The van der Waals surface area contributed by atoms with Crippen molar-refractivity contribution in [1.82, 2.24) is 0 Å². The van der Waals surface area contributed by atoms with Crippen molar-refractivity contribution in [3.63, 3.8) is 0 Å². The van der Waals surface area contributed by atoms with Crippen LogP contribution in [0.15, 0.2) is 18.2 Å². The highest BCUT2D eigenvalue weighted by Crippen LogP contribution is 2.61. The van der Waals surface area contributed by atoms with Crippen molar-refractivity contribution in [3.8, 4) is 6.07 Å². The van der Waals surface area contributed by atoms with Crippen LogP contribution in [0.1, 0.15) is 31.4 Å². The monoisotopic (exact) mass is 380 g/mol. The van der Waals surface area contributed by atoms with Gasteiger partial charge in [-0.05, 0) is 32.0 Å². The number of nitrogens with zero attached hydrogens (tertiary/aromatic N) is 2. The fraction of sp³-hybridized carbons (Fsp3) is 0.500. The van der Waals surface area contributed by atoms with Gasteiger partial charge >= 0.3 is 6.18 Å². The Morgan fingerprint density at radius 1 is 1.26 bits per heavy atom. The lowest BCUT2D eigenvalue weighted by Gasteiger charge is -2.31. The molecule has 1 aromatic rings. The highest BCUT2D eigenvalue weighted by Gasteiger charge is 2.75. The summed E-state index contributed by atoms with van der Waals surface area (Å²) in [4.78, 5) is 26.6. The summed E-state index contributed by atoms with van der Waals surface area (Å²) in [6, 6.07) is 4.19. The summed E-state index contributed by atoms with van der Waals surface area (Å²) in [5.41, 5.74) is -4.37. The van der Waals surface area contributed by atoms with Gasteiger partial charge in [0.1, 0.15) is 5.60 Å². The van der Waals surface area contributed by atoms with Crippen LogP contribution in [0.4, 0.5) is 18.9 Å². The molecule has 2 bridgehead atoms. The van der Waals surface area contributed by atoms with Crippen LogP contribution >= 0.6 is 0 Å². The third-order valence-corrected chi connectivity index (χ3v) is 5.98. The fourth-order valence-corrected chi connectivity index (χ4v) is 4.78. The molecule has 4 rings (SSSR count). The lowest BCUT2D eigenvalue weighted by molar-refractivity contribution is -0.138. The van der Waals surface area contributed by atoms with Gasteiger partial charge in [0.2, 0.25) is 11.8 Å². The number of hydrogen-bond acceptors (Lipinski definition) is 5. The molecule has 2 amide bonds. The standard InChI is InChI=1S/C18H15F3N2O4/c1-16-6-11(24)17(2,27-16)13-12(16)14(25)23(15(13)26)9-4-3-8(7-22)10(5-9)18(19,20)21/h3-5,11-13,24H,6H2,1-2H3/t11-,12+,13?,16-,17+/m1/s1. The molecule has 142 valence electrons. The molecule has 3 aliphatic rings. The minimum Gasteiger partial charge on any atom is -0.390 e. The van der Waals surface area contributed by atoms with Gasteiger partial charge in [0.05, 0.1) is 46.4 Å². The van der Waals surface area contributed by atoms with Crippen molar-refractivity contribution in [3.05, 3.63) is 29.3 Å². The van der Waals surface area contributed by atoms with Gasteiger partial charge < -0.3 is 9.84 Å². The van der Waals surface area contributed by atoms with Crippen LogP contribution in [-0.2, 0) is 20.5 Å². The Morgan fingerprint density at radius 2 is 1.89 bits per heavy atom. The fourth-order valence-electron chi connectivity index (χ4n) is 4.78. The second kappa shape index (κ2) is 5.09. The van der Waals surface area contributed by atoms with Crippen LogP contribution in [0.5, 0.6) is 0 Å². The SMILES string of the molecule is C[C@]12C[C@@H](O)[C@](C)(O1)C1C(=O)N(c3ccc(C#N)c(C(F)(F)F)c3)C(=O)[C@H]12. The number of imide groups is 1. The maximum atomic E-state index is 13.2. The molecule has 3 saturated heterocycles. The maximum Gasteiger partial charge on any atom is 0.417 e. The Kier molecular flexibility index (Phi) is 3.38. The minimum absolute atomic E-state index is 0.165. The maximum absolute atomic E-state index is 13.2. The van der Waals surface area contributed by atoms with Gasteiger partial charge in [0, 0.05) is 6.42 Å². The van der Waals surface area contributed by atoms with E-state index in [2.05, 4.69) is 0 Å². The summed E-state index contributed by atoms with van der Waals surface area (Å²) in [6.07, 6.45) is -5.59. The third kappa shape index (κ3) is 2.14. The van der Waals surface area contributed by atoms with Crippen molar-refractivity contribution >= 4 is 17.5 Å². The zero-order valence-electron chi connectivity index (χ0n) is 14.4. The van der Waals surface area contributed by atoms with E-state index in [1.165, 1.54) is 6.07 Å². The minimum atomic E-state index is -4.81. The number of aliphatic hydroxyl groups is 1. The van der Waals surface area contributed by atoms with E-state index in [1.54, 1.807) is 13.8 Å². The molecule has 1 N–H and O–H groups in total. The number of carbonyl (C=O) groups is 2. The van der Waals surface area contributed by atoms with Crippen LogP contribution in [-0.4, -0.2) is 34.2 Å². The molecule has 0 aromatic heterocycles. The molecule has 0 aliphatic carbocycles. The van der Waals surface area contributed by atoms with E-state index in [4.69, 9.17) is 10.00 Å². The topological polar surface area (TPSA) is 90.6 Å². The predicted molar refractivity (Wildman–Crippen MR) is 84.2 cm³/mol. The van der Waals surface area contributed by atoms with E-state index in [0.29, 0.717) is 6.07 Å². The second-order valence-electron chi connectivity index (χ2n) is 7.63. The Labute approximate surface area is 152 Å². The number of nitriles is 1. The van der Waals surface area contributed by atoms with Crippen molar-refractivity contribution < 1.29 is 32.6 Å². The Hall–Kier alpha value is -2.44. The number of aliphatic hydroxyl groups excluding tert-OH is 1. The lowest BCUT2D eigenvalue weighted by Crippen LogP contribution is -2.49. The first kappa shape index (κ1) is 17.9. The number of alkyl halides is 3. The number of carbonyl (C=O) groups excluding carboxylic acids is 2. The van der Waals surface area contributed by atoms with Crippen molar-refractivity contribution in [2.45, 2.75) is 43.8 Å². The molecule has 6 nitrogen and oxygen atoms in total. The van der Waals surface area contributed by atoms with Crippen molar-refractivity contribution in [2.24, 2.45) is 11.8 Å². The quantitative estimate of drug-likeness (QED) is 0.753. The highest BCUT2D eigenvalue weighted by molar-refractivity contribution is 6.23. The van der Waals surface area contributed by atoms with Gasteiger partial charge in [0.25, 0.3) is 0 Å². The molecule has 0 saturated carbocycles. The normalized spacial score (nSPS) is 37.7. The Morgan fingerprint density at radius 3 is 2.48 bits per heavy atom. The largest absolute Gasteiger partial charge is 0.417 e. The van der Waals surface area contributed by atoms with Gasteiger partial charge in [-0.3, -0.25) is 9.59 Å². The number of hydrogen-bond donors (Lipinski definition) is 1. The van der Waals surface area contributed by atoms with Crippen LogP contribution < -0.4 is 4.90 Å².